The number of aliphatic carboxylic acids is 1. The van der Waals surface area contributed by atoms with Gasteiger partial charge in [-0.25, -0.2) is 4.79 Å². The molecule has 1 rings (SSSR count). The van der Waals surface area contributed by atoms with E-state index in [0.29, 0.717) is 13.0 Å². The van der Waals surface area contributed by atoms with Crippen molar-refractivity contribution in [2.75, 3.05) is 32.8 Å². The lowest BCUT2D eigenvalue weighted by Crippen LogP contribution is -2.42. The van der Waals surface area contributed by atoms with E-state index < -0.39 is 30.2 Å². The van der Waals surface area contributed by atoms with Crippen LogP contribution in [0.2, 0.25) is 0 Å². The second-order valence-electron chi connectivity index (χ2n) is 4.94. The normalized spacial score (nSPS) is 22.9. The summed E-state index contributed by atoms with van der Waals surface area (Å²) in [6.45, 7) is 0.263. The van der Waals surface area contributed by atoms with Crippen molar-refractivity contribution < 1.29 is 32.6 Å². The lowest BCUT2D eigenvalue weighted by molar-refractivity contribution is -0.173. The molecule has 1 atom stereocenters. The Hall–Kier alpha value is -1.51. The Kier molecular flexibility index (Phi) is 5.21. The average Bonchev–Trinajstić information content (AvgIpc) is 2.71. The van der Waals surface area contributed by atoms with E-state index in [4.69, 9.17) is 5.11 Å². The Labute approximate surface area is 113 Å². The summed E-state index contributed by atoms with van der Waals surface area (Å²) in [6.07, 6.45) is -4.04. The summed E-state index contributed by atoms with van der Waals surface area (Å²) in [7, 11) is 0. The number of carboxylic acid groups (broad SMARTS) is 1. The minimum atomic E-state index is -4.39. The molecule has 1 aliphatic rings. The molecule has 1 heterocycles. The van der Waals surface area contributed by atoms with Crippen LogP contribution in [0.4, 0.5) is 18.0 Å². The second kappa shape index (κ2) is 6.29. The molecular formula is C11H17F3N2O4. The highest BCUT2D eigenvalue weighted by molar-refractivity contribution is 5.79. The summed E-state index contributed by atoms with van der Waals surface area (Å²) in [6, 6.07) is -0.495. The molecule has 2 N–H and O–H groups in total. The van der Waals surface area contributed by atoms with Crippen LogP contribution in [0.3, 0.4) is 0 Å². The second-order valence-corrected chi connectivity index (χ2v) is 4.94. The van der Waals surface area contributed by atoms with E-state index in [1.54, 1.807) is 6.92 Å². The lowest BCUT2D eigenvalue weighted by atomic mass is 9.90. The largest absolute Gasteiger partial charge is 0.481 e. The third-order valence-corrected chi connectivity index (χ3v) is 3.07. The molecule has 0 aromatic carbocycles. The van der Waals surface area contributed by atoms with Gasteiger partial charge >= 0.3 is 18.2 Å². The quantitative estimate of drug-likeness (QED) is 0.744. The number of hydrogen-bond donors (Lipinski definition) is 2. The number of halogens is 3. The van der Waals surface area contributed by atoms with E-state index in [-0.39, 0.29) is 19.7 Å². The standard InChI is InChI=1S/C11H17F3N2O4/c1-10(8(17)18)2-4-16(6-10)9(19)15-3-5-20-7-11(12,13)14/h2-7H2,1H3,(H,15,19)(H,17,18). The third kappa shape index (κ3) is 4.87. The summed E-state index contributed by atoms with van der Waals surface area (Å²) < 4.78 is 39.7. The monoisotopic (exact) mass is 298 g/mol. The molecule has 1 unspecified atom stereocenters. The predicted octanol–water partition coefficient (Wildman–Crippen LogP) is 1.07. The number of urea groups is 1. The van der Waals surface area contributed by atoms with Crippen molar-refractivity contribution in [3.05, 3.63) is 0 Å². The smallest absolute Gasteiger partial charge is 0.411 e. The molecule has 0 bridgehead atoms. The molecule has 6 nitrogen and oxygen atoms in total. The van der Waals surface area contributed by atoms with Crippen LogP contribution >= 0.6 is 0 Å². The Balaban J connectivity index is 2.23. The SMILES string of the molecule is CC1(C(=O)O)CCN(C(=O)NCCOCC(F)(F)F)C1. The van der Waals surface area contributed by atoms with Crippen molar-refractivity contribution in [2.45, 2.75) is 19.5 Å². The van der Waals surface area contributed by atoms with E-state index >= 15 is 0 Å². The van der Waals surface area contributed by atoms with Crippen LogP contribution < -0.4 is 5.32 Å². The zero-order valence-electron chi connectivity index (χ0n) is 11.0. The molecule has 1 fully saturated rings. The third-order valence-electron chi connectivity index (χ3n) is 3.07. The van der Waals surface area contributed by atoms with Gasteiger partial charge in [0.25, 0.3) is 0 Å². The fraction of sp³-hybridized carbons (Fsp3) is 0.818. The van der Waals surface area contributed by atoms with E-state index in [9.17, 15) is 22.8 Å². The topological polar surface area (TPSA) is 78.9 Å². The summed E-state index contributed by atoms with van der Waals surface area (Å²) in [5.74, 6) is -0.971. The van der Waals surface area contributed by atoms with Gasteiger partial charge in [-0.05, 0) is 13.3 Å². The van der Waals surface area contributed by atoms with Gasteiger partial charge in [-0.2, -0.15) is 13.2 Å². The molecule has 0 aliphatic carbocycles. The number of likely N-dealkylation sites (tertiary alicyclic amines) is 1. The zero-order valence-corrected chi connectivity index (χ0v) is 11.0. The highest BCUT2D eigenvalue weighted by Gasteiger charge is 2.42. The first-order valence-corrected chi connectivity index (χ1v) is 6.05. The number of alkyl halides is 3. The molecule has 116 valence electrons. The van der Waals surface area contributed by atoms with Gasteiger partial charge in [0, 0.05) is 19.6 Å². The Morgan fingerprint density at radius 3 is 2.60 bits per heavy atom. The van der Waals surface area contributed by atoms with Gasteiger partial charge in [0.05, 0.1) is 12.0 Å². The highest BCUT2D eigenvalue weighted by Crippen LogP contribution is 2.29. The van der Waals surface area contributed by atoms with Crippen molar-refractivity contribution in [1.82, 2.24) is 10.2 Å². The number of carboxylic acids is 1. The summed E-state index contributed by atoms with van der Waals surface area (Å²) >= 11 is 0. The van der Waals surface area contributed by atoms with Gasteiger partial charge < -0.3 is 20.1 Å². The Morgan fingerprint density at radius 1 is 1.45 bits per heavy atom. The van der Waals surface area contributed by atoms with Crippen LogP contribution in [0.25, 0.3) is 0 Å². The maximum Gasteiger partial charge on any atom is 0.411 e. The van der Waals surface area contributed by atoms with Crippen LogP contribution in [0.1, 0.15) is 13.3 Å². The number of carbonyl (C=O) groups is 2. The van der Waals surface area contributed by atoms with Crippen molar-refractivity contribution in [3.63, 3.8) is 0 Å². The van der Waals surface area contributed by atoms with Crippen molar-refractivity contribution in [1.29, 1.82) is 0 Å². The summed E-state index contributed by atoms with van der Waals surface area (Å²) in [5, 5.41) is 11.4. The number of nitrogens with zero attached hydrogens (tertiary/aromatic N) is 1. The first-order chi connectivity index (χ1) is 9.14. The molecule has 1 aliphatic heterocycles. The summed E-state index contributed by atoms with van der Waals surface area (Å²) in [5.41, 5.74) is -0.968. The van der Waals surface area contributed by atoms with Gasteiger partial charge in [-0.15, -0.1) is 0 Å². The fourth-order valence-corrected chi connectivity index (χ4v) is 1.84. The number of nitrogens with one attached hydrogen (secondary N) is 1. The van der Waals surface area contributed by atoms with E-state index in [0.717, 1.165) is 0 Å². The number of ether oxygens (including phenoxy) is 1. The van der Waals surface area contributed by atoms with Gasteiger partial charge in [-0.3, -0.25) is 4.79 Å². The van der Waals surface area contributed by atoms with Gasteiger partial charge in [0.1, 0.15) is 6.61 Å². The minimum Gasteiger partial charge on any atom is -0.481 e. The molecule has 0 radical (unpaired) electrons. The number of rotatable bonds is 5. The first kappa shape index (κ1) is 16.5. The van der Waals surface area contributed by atoms with Gasteiger partial charge in [0.15, 0.2) is 0 Å². The molecular weight excluding hydrogens is 281 g/mol. The van der Waals surface area contributed by atoms with Crippen LogP contribution in [0.15, 0.2) is 0 Å². The Bertz CT molecular complexity index is 375. The maximum atomic E-state index is 11.8. The molecule has 2 amide bonds. The first-order valence-electron chi connectivity index (χ1n) is 6.05. The van der Waals surface area contributed by atoms with Crippen molar-refractivity contribution in [3.8, 4) is 0 Å². The molecule has 0 spiro atoms. The summed E-state index contributed by atoms with van der Waals surface area (Å²) in [4.78, 5) is 24.0. The molecule has 0 saturated carbocycles. The molecule has 0 aromatic heterocycles. The Morgan fingerprint density at radius 2 is 2.10 bits per heavy atom. The van der Waals surface area contributed by atoms with Crippen LogP contribution in [0, 0.1) is 5.41 Å². The molecule has 9 heteroatoms. The number of amides is 2. The van der Waals surface area contributed by atoms with Gasteiger partial charge in [-0.1, -0.05) is 0 Å². The van der Waals surface area contributed by atoms with Crippen molar-refractivity contribution >= 4 is 12.0 Å². The highest BCUT2D eigenvalue weighted by atomic mass is 19.4. The number of carbonyl (C=O) groups excluding carboxylic acids is 1. The van der Waals surface area contributed by atoms with Gasteiger partial charge in [0.2, 0.25) is 0 Å². The van der Waals surface area contributed by atoms with Crippen LogP contribution in [-0.4, -0.2) is 61.0 Å². The maximum absolute atomic E-state index is 11.8. The van der Waals surface area contributed by atoms with E-state index in [2.05, 4.69) is 10.1 Å². The van der Waals surface area contributed by atoms with E-state index in [1.165, 1.54) is 4.90 Å². The predicted molar refractivity (Wildman–Crippen MR) is 62.2 cm³/mol. The van der Waals surface area contributed by atoms with Crippen LogP contribution in [-0.2, 0) is 9.53 Å². The number of hydrogen-bond acceptors (Lipinski definition) is 3. The zero-order chi connectivity index (χ0) is 15.4. The van der Waals surface area contributed by atoms with Crippen LogP contribution in [0.5, 0.6) is 0 Å². The average molecular weight is 298 g/mol. The van der Waals surface area contributed by atoms with Crippen molar-refractivity contribution in [2.24, 2.45) is 5.41 Å². The van der Waals surface area contributed by atoms with E-state index in [1.807, 2.05) is 0 Å². The molecule has 1 saturated heterocycles. The minimum absolute atomic E-state index is 0.0603. The molecule has 0 aromatic rings. The fourth-order valence-electron chi connectivity index (χ4n) is 1.84. The molecule has 20 heavy (non-hydrogen) atoms. The lowest BCUT2D eigenvalue weighted by Gasteiger charge is -2.20.